The summed E-state index contributed by atoms with van der Waals surface area (Å²) in [7, 11) is 1.95. The van der Waals surface area contributed by atoms with Crippen LogP contribution >= 0.6 is 0 Å². The second-order valence-corrected chi connectivity index (χ2v) is 8.19. The van der Waals surface area contributed by atoms with E-state index in [1.165, 1.54) is 17.5 Å². The fourth-order valence-electron chi connectivity index (χ4n) is 4.78. The summed E-state index contributed by atoms with van der Waals surface area (Å²) < 4.78 is 0. The van der Waals surface area contributed by atoms with Crippen LogP contribution in [0.2, 0.25) is 0 Å². The van der Waals surface area contributed by atoms with E-state index in [-0.39, 0.29) is 11.9 Å². The summed E-state index contributed by atoms with van der Waals surface area (Å²) in [5.41, 5.74) is 4.57. The van der Waals surface area contributed by atoms with Crippen molar-refractivity contribution in [3.63, 3.8) is 0 Å². The SMILES string of the molecule is CN(C(=O)c1ccc2c(c1)CCC2)C1CCN(c2ncnc3ccccc23)CC1. The molecule has 0 radical (unpaired) electrons. The summed E-state index contributed by atoms with van der Waals surface area (Å²) in [4.78, 5) is 26.3. The minimum atomic E-state index is 0.144. The lowest BCUT2D eigenvalue weighted by Crippen LogP contribution is -2.46. The van der Waals surface area contributed by atoms with Gasteiger partial charge in [0.25, 0.3) is 5.91 Å². The lowest BCUT2D eigenvalue weighted by Gasteiger charge is -2.37. The van der Waals surface area contributed by atoms with Crippen LogP contribution in [-0.2, 0) is 12.8 Å². The van der Waals surface area contributed by atoms with Crippen LogP contribution in [0.3, 0.4) is 0 Å². The molecule has 1 aliphatic heterocycles. The standard InChI is InChI=1S/C24H26N4O/c1-27(24(29)19-10-9-17-5-4-6-18(17)15-19)20-11-13-28(14-12-20)23-21-7-2-3-8-22(21)25-16-26-23/h2-3,7-10,15-16,20H,4-6,11-14H2,1H3. The number of aromatic nitrogens is 2. The van der Waals surface area contributed by atoms with Crippen molar-refractivity contribution in [2.45, 2.75) is 38.1 Å². The molecular formula is C24H26N4O. The Bertz CT molecular complexity index is 1050. The fourth-order valence-corrected chi connectivity index (χ4v) is 4.78. The van der Waals surface area contributed by atoms with Crippen molar-refractivity contribution < 1.29 is 4.79 Å². The zero-order chi connectivity index (χ0) is 19.8. The normalized spacial score (nSPS) is 16.8. The number of carbonyl (C=O) groups is 1. The minimum absolute atomic E-state index is 0.144. The average molecular weight is 386 g/mol. The molecule has 1 fully saturated rings. The van der Waals surface area contributed by atoms with E-state index in [2.05, 4.69) is 33.1 Å². The van der Waals surface area contributed by atoms with Gasteiger partial charge in [0.05, 0.1) is 5.52 Å². The molecule has 0 saturated carbocycles. The van der Waals surface area contributed by atoms with Crippen molar-refractivity contribution in [1.29, 1.82) is 0 Å². The number of benzene rings is 2. The highest BCUT2D eigenvalue weighted by molar-refractivity contribution is 5.94. The molecule has 1 aromatic heterocycles. The Morgan fingerprint density at radius 2 is 1.83 bits per heavy atom. The molecule has 2 aliphatic rings. The number of hydrogen-bond donors (Lipinski definition) is 0. The Hall–Kier alpha value is -2.95. The molecule has 5 heteroatoms. The molecule has 2 aromatic carbocycles. The third-order valence-electron chi connectivity index (χ3n) is 6.50. The van der Waals surface area contributed by atoms with Crippen LogP contribution in [0.15, 0.2) is 48.8 Å². The highest BCUT2D eigenvalue weighted by Gasteiger charge is 2.27. The number of fused-ring (bicyclic) bond motifs is 2. The first-order valence-electron chi connectivity index (χ1n) is 10.5. The first kappa shape index (κ1) is 18.1. The van der Waals surface area contributed by atoms with Gasteiger partial charge in [-0.1, -0.05) is 18.2 Å². The second kappa shape index (κ2) is 7.47. The number of amides is 1. The van der Waals surface area contributed by atoms with Crippen LogP contribution < -0.4 is 4.90 Å². The van der Waals surface area contributed by atoms with E-state index in [1.54, 1.807) is 6.33 Å². The van der Waals surface area contributed by atoms with Gasteiger partial charge in [0.15, 0.2) is 0 Å². The quantitative estimate of drug-likeness (QED) is 0.686. The maximum Gasteiger partial charge on any atom is 0.253 e. The molecule has 0 spiro atoms. The van der Waals surface area contributed by atoms with Crippen molar-refractivity contribution in [2.24, 2.45) is 0 Å². The Kier molecular flexibility index (Phi) is 4.66. The molecule has 0 N–H and O–H groups in total. The molecular weight excluding hydrogens is 360 g/mol. The van der Waals surface area contributed by atoms with E-state index in [0.29, 0.717) is 0 Å². The number of aryl methyl sites for hydroxylation is 2. The summed E-state index contributed by atoms with van der Waals surface area (Å²) in [6.07, 6.45) is 7.00. The smallest absolute Gasteiger partial charge is 0.253 e. The monoisotopic (exact) mass is 386 g/mol. The van der Waals surface area contributed by atoms with Crippen LogP contribution in [0, 0.1) is 0 Å². The lowest BCUT2D eigenvalue weighted by molar-refractivity contribution is 0.0709. The minimum Gasteiger partial charge on any atom is -0.356 e. The molecule has 1 saturated heterocycles. The van der Waals surface area contributed by atoms with Gasteiger partial charge in [0.2, 0.25) is 0 Å². The van der Waals surface area contributed by atoms with E-state index in [4.69, 9.17) is 0 Å². The van der Waals surface area contributed by atoms with Gasteiger partial charge in [-0.3, -0.25) is 4.79 Å². The molecule has 2 heterocycles. The molecule has 148 valence electrons. The number of nitrogens with zero attached hydrogens (tertiary/aromatic N) is 4. The third-order valence-corrected chi connectivity index (χ3v) is 6.50. The summed E-state index contributed by atoms with van der Waals surface area (Å²) in [5.74, 6) is 1.15. The Balaban J connectivity index is 1.28. The van der Waals surface area contributed by atoms with Crippen molar-refractivity contribution in [3.8, 4) is 0 Å². The third kappa shape index (κ3) is 3.35. The average Bonchev–Trinajstić information content (AvgIpc) is 3.26. The van der Waals surface area contributed by atoms with Gasteiger partial charge in [0.1, 0.15) is 12.1 Å². The highest BCUT2D eigenvalue weighted by Crippen LogP contribution is 2.28. The molecule has 3 aromatic rings. The van der Waals surface area contributed by atoms with Crippen molar-refractivity contribution in [1.82, 2.24) is 14.9 Å². The number of rotatable bonds is 3. The van der Waals surface area contributed by atoms with Crippen LogP contribution in [0.25, 0.3) is 10.9 Å². The number of para-hydroxylation sites is 1. The van der Waals surface area contributed by atoms with Crippen LogP contribution in [-0.4, -0.2) is 47.0 Å². The van der Waals surface area contributed by atoms with Gasteiger partial charge in [-0.15, -0.1) is 0 Å². The molecule has 1 amide bonds. The fraction of sp³-hybridized carbons (Fsp3) is 0.375. The first-order chi connectivity index (χ1) is 14.2. The van der Waals surface area contributed by atoms with Crippen LogP contribution in [0.4, 0.5) is 5.82 Å². The predicted octanol–water partition coefficient (Wildman–Crippen LogP) is 3.86. The number of piperidine rings is 1. The summed E-state index contributed by atoms with van der Waals surface area (Å²) >= 11 is 0. The van der Waals surface area contributed by atoms with E-state index in [0.717, 1.165) is 61.1 Å². The zero-order valence-corrected chi connectivity index (χ0v) is 16.8. The number of anilines is 1. The molecule has 5 nitrogen and oxygen atoms in total. The van der Waals surface area contributed by atoms with E-state index in [1.807, 2.05) is 36.2 Å². The van der Waals surface area contributed by atoms with Crippen LogP contribution in [0.5, 0.6) is 0 Å². The largest absolute Gasteiger partial charge is 0.356 e. The van der Waals surface area contributed by atoms with Gasteiger partial charge in [-0.2, -0.15) is 0 Å². The number of carbonyl (C=O) groups excluding carboxylic acids is 1. The zero-order valence-electron chi connectivity index (χ0n) is 16.8. The van der Waals surface area contributed by atoms with Crippen molar-refractivity contribution in [2.75, 3.05) is 25.0 Å². The summed E-state index contributed by atoms with van der Waals surface area (Å²) in [6.45, 7) is 1.79. The van der Waals surface area contributed by atoms with E-state index in [9.17, 15) is 4.79 Å². The molecule has 29 heavy (non-hydrogen) atoms. The van der Waals surface area contributed by atoms with Gasteiger partial charge in [-0.25, -0.2) is 9.97 Å². The van der Waals surface area contributed by atoms with Crippen molar-refractivity contribution >= 4 is 22.6 Å². The summed E-state index contributed by atoms with van der Waals surface area (Å²) in [6, 6.07) is 14.7. The topological polar surface area (TPSA) is 49.3 Å². The van der Waals surface area contributed by atoms with E-state index >= 15 is 0 Å². The predicted molar refractivity (Wildman–Crippen MR) is 115 cm³/mol. The Morgan fingerprint density at radius 3 is 2.69 bits per heavy atom. The maximum atomic E-state index is 13.1. The Labute approximate surface area is 171 Å². The first-order valence-corrected chi connectivity index (χ1v) is 10.5. The van der Waals surface area contributed by atoms with Gasteiger partial charge in [-0.05, 0) is 67.5 Å². The molecule has 0 bridgehead atoms. The van der Waals surface area contributed by atoms with Gasteiger partial charge in [0, 0.05) is 37.1 Å². The summed E-state index contributed by atoms with van der Waals surface area (Å²) in [5, 5.41) is 1.09. The Morgan fingerprint density at radius 1 is 1.03 bits per heavy atom. The van der Waals surface area contributed by atoms with Gasteiger partial charge >= 0.3 is 0 Å². The molecule has 5 rings (SSSR count). The number of hydrogen-bond acceptors (Lipinski definition) is 4. The molecule has 1 aliphatic carbocycles. The molecule has 0 unspecified atom stereocenters. The molecule has 0 atom stereocenters. The van der Waals surface area contributed by atoms with Crippen molar-refractivity contribution in [3.05, 3.63) is 65.5 Å². The second-order valence-electron chi connectivity index (χ2n) is 8.19. The lowest BCUT2D eigenvalue weighted by atomic mass is 10.0. The van der Waals surface area contributed by atoms with Crippen LogP contribution in [0.1, 0.15) is 40.7 Å². The maximum absolute atomic E-state index is 13.1. The van der Waals surface area contributed by atoms with Gasteiger partial charge < -0.3 is 9.80 Å². The highest BCUT2D eigenvalue weighted by atomic mass is 16.2. The van der Waals surface area contributed by atoms with E-state index < -0.39 is 0 Å².